The summed E-state index contributed by atoms with van der Waals surface area (Å²) in [7, 11) is 0. The van der Waals surface area contributed by atoms with Crippen LogP contribution in [0.15, 0.2) is 35.2 Å². The molecule has 12 heavy (non-hydrogen) atoms. The van der Waals surface area contributed by atoms with Gasteiger partial charge in [0.1, 0.15) is 13.2 Å². The van der Waals surface area contributed by atoms with Crippen LogP contribution in [-0.2, 0) is 9.47 Å². The van der Waals surface area contributed by atoms with E-state index in [-0.39, 0.29) is 0 Å². The molecule has 1 rings (SSSR count). The van der Waals surface area contributed by atoms with E-state index in [1.807, 2.05) is 6.92 Å². The quantitative estimate of drug-likeness (QED) is 0.664. The number of hydrogen-bond donors (Lipinski definition) is 1. The lowest BCUT2D eigenvalue weighted by Crippen LogP contribution is -2.14. The first-order valence-electron chi connectivity index (χ1n) is 3.67. The van der Waals surface area contributed by atoms with Crippen molar-refractivity contribution in [2.24, 2.45) is 0 Å². The molecule has 0 saturated heterocycles. The second kappa shape index (κ2) is 3.72. The Morgan fingerprint density at radius 1 is 1.25 bits per heavy atom. The molecule has 0 spiro atoms. The van der Waals surface area contributed by atoms with Crippen molar-refractivity contribution >= 4 is 12.6 Å². The molecule has 0 aliphatic carbocycles. The predicted octanol–water partition coefficient (Wildman–Crippen LogP) is 2.26. The zero-order valence-corrected chi connectivity index (χ0v) is 7.99. The molecule has 0 N–H and O–H groups in total. The summed E-state index contributed by atoms with van der Waals surface area (Å²) >= 11 is 4.10. The van der Waals surface area contributed by atoms with Gasteiger partial charge in [0.25, 0.3) is 0 Å². The first-order chi connectivity index (χ1) is 5.63. The van der Waals surface area contributed by atoms with Crippen molar-refractivity contribution in [1.82, 2.24) is 0 Å². The summed E-state index contributed by atoms with van der Waals surface area (Å²) in [4.78, 5) is 0.577. The number of thiol groups is 1. The fraction of sp³-hybridized carbons (Fsp3) is 0.333. The van der Waals surface area contributed by atoms with E-state index >= 15 is 0 Å². The number of hydrogen-bond acceptors (Lipinski definition) is 3. The third-order valence-corrected chi connectivity index (χ3v) is 1.64. The second-order valence-electron chi connectivity index (χ2n) is 2.58. The van der Waals surface area contributed by atoms with Crippen molar-refractivity contribution in [3.8, 4) is 0 Å². The van der Waals surface area contributed by atoms with Gasteiger partial charge in [0.15, 0.2) is 11.5 Å². The zero-order valence-electron chi connectivity index (χ0n) is 7.09. The van der Waals surface area contributed by atoms with Gasteiger partial charge >= 0.3 is 0 Å². The normalized spacial score (nSPS) is 16.5. The average Bonchev–Trinajstić information content (AvgIpc) is 2.04. The van der Waals surface area contributed by atoms with E-state index in [4.69, 9.17) is 9.47 Å². The number of allylic oxidation sites excluding steroid dienone is 1. The summed E-state index contributed by atoms with van der Waals surface area (Å²) in [5.74, 6) is 1.28. The SMILES string of the molecule is C=C(C)C1=C(C(=C)S)OCCO1. The first-order valence-corrected chi connectivity index (χ1v) is 4.11. The maximum absolute atomic E-state index is 5.36. The summed E-state index contributed by atoms with van der Waals surface area (Å²) in [6.45, 7) is 10.4. The van der Waals surface area contributed by atoms with Crippen LogP contribution in [-0.4, -0.2) is 13.2 Å². The lowest BCUT2D eigenvalue weighted by Gasteiger charge is -2.21. The molecule has 0 unspecified atom stereocenters. The highest BCUT2D eigenvalue weighted by molar-refractivity contribution is 7.84. The van der Waals surface area contributed by atoms with Crippen molar-refractivity contribution < 1.29 is 9.47 Å². The van der Waals surface area contributed by atoms with E-state index in [0.29, 0.717) is 29.6 Å². The zero-order chi connectivity index (χ0) is 9.14. The van der Waals surface area contributed by atoms with Crippen LogP contribution in [0.5, 0.6) is 0 Å². The Balaban J connectivity index is 2.99. The lowest BCUT2D eigenvalue weighted by atomic mass is 10.2. The van der Waals surface area contributed by atoms with Crippen molar-refractivity contribution in [3.63, 3.8) is 0 Å². The fourth-order valence-electron chi connectivity index (χ4n) is 0.950. The summed E-state index contributed by atoms with van der Waals surface area (Å²) in [5, 5.41) is 0. The van der Waals surface area contributed by atoms with E-state index in [0.717, 1.165) is 5.57 Å². The van der Waals surface area contributed by atoms with Gasteiger partial charge in [-0.15, -0.1) is 12.6 Å². The number of ether oxygens (including phenoxy) is 2. The molecule has 0 atom stereocenters. The molecule has 1 heterocycles. The largest absolute Gasteiger partial charge is 0.486 e. The average molecular weight is 184 g/mol. The van der Waals surface area contributed by atoms with Crippen LogP contribution < -0.4 is 0 Å². The molecule has 0 fully saturated rings. The molecule has 0 aromatic carbocycles. The topological polar surface area (TPSA) is 18.5 Å². The van der Waals surface area contributed by atoms with Gasteiger partial charge in [-0.2, -0.15) is 0 Å². The van der Waals surface area contributed by atoms with Crippen LogP contribution in [0, 0.1) is 0 Å². The summed E-state index contributed by atoms with van der Waals surface area (Å²) in [5.41, 5.74) is 0.833. The Hall–Kier alpha value is -0.830. The van der Waals surface area contributed by atoms with E-state index < -0.39 is 0 Å². The smallest absolute Gasteiger partial charge is 0.174 e. The van der Waals surface area contributed by atoms with Gasteiger partial charge in [0, 0.05) is 4.91 Å². The van der Waals surface area contributed by atoms with Crippen molar-refractivity contribution in [3.05, 3.63) is 35.2 Å². The van der Waals surface area contributed by atoms with Crippen molar-refractivity contribution in [1.29, 1.82) is 0 Å². The molecule has 0 aromatic heterocycles. The molecule has 0 amide bonds. The van der Waals surface area contributed by atoms with Gasteiger partial charge in [-0.05, 0) is 12.5 Å². The van der Waals surface area contributed by atoms with Gasteiger partial charge in [0.05, 0.1) is 0 Å². The van der Waals surface area contributed by atoms with E-state index in [9.17, 15) is 0 Å². The number of rotatable bonds is 2. The Morgan fingerprint density at radius 3 is 2.08 bits per heavy atom. The molecular weight excluding hydrogens is 172 g/mol. The molecule has 2 nitrogen and oxygen atoms in total. The van der Waals surface area contributed by atoms with Gasteiger partial charge in [-0.3, -0.25) is 0 Å². The maximum atomic E-state index is 5.36. The molecule has 1 aliphatic heterocycles. The highest BCUT2D eigenvalue weighted by Gasteiger charge is 2.16. The van der Waals surface area contributed by atoms with Crippen LogP contribution in [0.25, 0.3) is 0 Å². The third kappa shape index (κ3) is 1.85. The second-order valence-corrected chi connectivity index (χ2v) is 3.12. The summed E-state index contributed by atoms with van der Waals surface area (Å²) in [6.07, 6.45) is 0. The highest BCUT2D eigenvalue weighted by atomic mass is 32.1. The Bertz CT molecular complexity index is 227. The third-order valence-electron chi connectivity index (χ3n) is 1.43. The van der Waals surface area contributed by atoms with Crippen LogP contribution >= 0.6 is 12.6 Å². The van der Waals surface area contributed by atoms with Crippen LogP contribution in [0.3, 0.4) is 0 Å². The monoisotopic (exact) mass is 184 g/mol. The van der Waals surface area contributed by atoms with E-state index in [2.05, 4.69) is 25.8 Å². The molecular formula is C9H12O2S. The van der Waals surface area contributed by atoms with Crippen LogP contribution in [0.2, 0.25) is 0 Å². The molecule has 0 aromatic rings. The highest BCUT2D eigenvalue weighted by Crippen LogP contribution is 2.25. The minimum Gasteiger partial charge on any atom is -0.486 e. The van der Waals surface area contributed by atoms with Crippen molar-refractivity contribution in [2.45, 2.75) is 6.92 Å². The molecule has 0 radical (unpaired) electrons. The minimum absolute atomic E-state index is 0.547. The predicted molar refractivity (Wildman–Crippen MR) is 51.9 cm³/mol. The molecule has 3 heteroatoms. The van der Waals surface area contributed by atoms with Gasteiger partial charge in [-0.25, -0.2) is 0 Å². The van der Waals surface area contributed by atoms with Crippen molar-refractivity contribution in [2.75, 3.05) is 13.2 Å². The van der Waals surface area contributed by atoms with Crippen LogP contribution in [0.1, 0.15) is 6.92 Å². The molecule has 1 aliphatic rings. The standard InChI is InChI=1S/C9H12O2S/c1-6(2)8-9(7(3)12)11-5-4-10-8/h12H,1,3-5H2,2H3. The van der Waals surface area contributed by atoms with Crippen LogP contribution in [0.4, 0.5) is 0 Å². The molecule has 0 saturated carbocycles. The van der Waals surface area contributed by atoms with E-state index in [1.54, 1.807) is 0 Å². The fourth-order valence-corrected chi connectivity index (χ4v) is 1.12. The summed E-state index contributed by atoms with van der Waals surface area (Å²) in [6, 6.07) is 0. The van der Waals surface area contributed by atoms with Gasteiger partial charge < -0.3 is 9.47 Å². The Morgan fingerprint density at radius 2 is 1.75 bits per heavy atom. The summed E-state index contributed by atoms with van der Waals surface area (Å²) < 4.78 is 10.7. The Labute approximate surface area is 78.0 Å². The minimum atomic E-state index is 0.547. The molecule has 0 bridgehead atoms. The van der Waals surface area contributed by atoms with Gasteiger partial charge in [-0.1, -0.05) is 13.2 Å². The molecule has 66 valence electrons. The maximum Gasteiger partial charge on any atom is 0.174 e. The van der Waals surface area contributed by atoms with Gasteiger partial charge in [0.2, 0.25) is 0 Å². The lowest BCUT2D eigenvalue weighted by molar-refractivity contribution is 0.0739. The Kier molecular flexibility index (Phi) is 2.87. The first kappa shape index (κ1) is 9.26. The van der Waals surface area contributed by atoms with E-state index in [1.165, 1.54) is 0 Å².